The highest BCUT2D eigenvalue weighted by Crippen LogP contribution is 2.14. The van der Waals surface area contributed by atoms with Crippen molar-refractivity contribution in [1.29, 1.82) is 0 Å². The fourth-order valence-electron chi connectivity index (χ4n) is 6.11. The summed E-state index contributed by atoms with van der Waals surface area (Å²) in [4.78, 5) is 128. The van der Waals surface area contributed by atoms with E-state index in [2.05, 4.69) is 37.2 Å². The SMILES string of the molecule is COc1ccc(C[C@H](NC(=O)[C@H](CC(=O)O)NC(=O)[C@H](C)NC(=O)[C@H](CC(=O)O)NC(=O)[C@H](CC(C)C)NC(=O)[C@@H](NC(=O)[C@H](Cc2ccccc2)NC(C)=O)[C@H](C)O)C(=O)O)cc1. The molecule has 22 nitrogen and oxygen atoms in total. The molecule has 0 aromatic heterocycles. The first kappa shape index (κ1) is 53.0. The number of carbonyl (C=O) groups is 10. The number of aliphatic carboxylic acids is 3. The standard InChI is InChI=1S/C42H57N7O15/c1-21(2)16-28(47-41(61)35(23(4)50)49-40(60)29(44-24(5)51)17-25-10-8-7-9-11-25)38(58)46-30(19-33(52)53)37(57)43-22(3)36(56)45-31(20-34(54)55)39(59)48-32(42(62)63)18-26-12-14-27(64-6)15-13-26/h7-15,21-23,28-32,35,50H,16-20H2,1-6H3,(H,43,57)(H,44,51)(H,45,56)(H,46,58)(H,47,61)(H,48,59)(H,49,60)(H,52,53)(H,54,55)(H,62,63)/t22-,23-,28-,29-,30-,31-,32-,35-/m0/s1. The number of aliphatic hydroxyl groups excluding tert-OH is 1. The van der Waals surface area contributed by atoms with Crippen molar-refractivity contribution in [3.05, 3.63) is 65.7 Å². The van der Waals surface area contributed by atoms with E-state index in [9.17, 15) is 68.4 Å². The molecule has 2 aromatic rings. The van der Waals surface area contributed by atoms with Crippen LogP contribution in [-0.2, 0) is 60.8 Å². The maximum absolute atomic E-state index is 13.7. The summed E-state index contributed by atoms with van der Waals surface area (Å²) in [7, 11) is 1.43. The van der Waals surface area contributed by atoms with Crippen LogP contribution in [0.3, 0.4) is 0 Å². The molecule has 0 radical (unpaired) electrons. The third-order valence-electron chi connectivity index (χ3n) is 9.37. The van der Waals surface area contributed by atoms with Crippen LogP contribution in [0.5, 0.6) is 5.75 Å². The van der Waals surface area contributed by atoms with E-state index in [-0.39, 0.29) is 25.2 Å². The van der Waals surface area contributed by atoms with Crippen LogP contribution in [0.1, 0.15) is 65.0 Å². The van der Waals surface area contributed by atoms with Crippen molar-refractivity contribution in [3.8, 4) is 5.75 Å². The number of hydrogen-bond acceptors (Lipinski definition) is 12. The fraction of sp³-hybridized carbons (Fsp3) is 0.476. The molecule has 0 saturated carbocycles. The van der Waals surface area contributed by atoms with Gasteiger partial charge in [0.05, 0.1) is 26.1 Å². The molecule has 0 fully saturated rings. The molecule has 350 valence electrons. The fourth-order valence-corrected chi connectivity index (χ4v) is 6.11. The van der Waals surface area contributed by atoms with Gasteiger partial charge in [-0.3, -0.25) is 43.2 Å². The summed E-state index contributed by atoms with van der Waals surface area (Å²) < 4.78 is 5.07. The molecular formula is C42H57N7O15. The van der Waals surface area contributed by atoms with Gasteiger partial charge in [0.1, 0.15) is 48.0 Å². The number of nitrogens with one attached hydrogen (secondary N) is 7. The first-order valence-electron chi connectivity index (χ1n) is 20.1. The second-order valence-electron chi connectivity index (χ2n) is 15.4. The number of hydrogen-bond donors (Lipinski definition) is 11. The summed E-state index contributed by atoms with van der Waals surface area (Å²) in [5, 5.41) is 55.4. The molecule has 0 aliphatic carbocycles. The lowest BCUT2D eigenvalue weighted by molar-refractivity contribution is -0.143. The average molecular weight is 900 g/mol. The van der Waals surface area contributed by atoms with Crippen molar-refractivity contribution in [2.24, 2.45) is 5.92 Å². The Hall–Kier alpha value is -7.10. The number of carboxylic acid groups (broad SMARTS) is 3. The van der Waals surface area contributed by atoms with Crippen LogP contribution >= 0.6 is 0 Å². The number of rotatable bonds is 26. The topological polar surface area (TPSA) is 345 Å². The van der Waals surface area contributed by atoms with Crippen molar-refractivity contribution in [3.63, 3.8) is 0 Å². The van der Waals surface area contributed by atoms with Gasteiger partial charge in [0, 0.05) is 19.8 Å². The van der Waals surface area contributed by atoms with Crippen molar-refractivity contribution in [1.82, 2.24) is 37.2 Å². The predicted molar refractivity (Wildman–Crippen MR) is 225 cm³/mol. The molecule has 2 rings (SSSR count). The summed E-state index contributed by atoms with van der Waals surface area (Å²) in [6.45, 7) is 6.87. The summed E-state index contributed by atoms with van der Waals surface area (Å²) in [6, 6.07) is 3.71. The third kappa shape index (κ3) is 18.5. The second-order valence-corrected chi connectivity index (χ2v) is 15.4. The van der Waals surface area contributed by atoms with Crippen molar-refractivity contribution < 1.29 is 73.1 Å². The average Bonchev–Trinajstić information content (AvgIpc) is 3.21. The minimum atomic E-state index is -1.87. The Kier molecular flexibility index (Phi) is 21.3. The van der Waals surface area contributed by atoms with Crippen LogP contribution in [0.4, 0.5) is 0 Å². The van der Waals surface area contributed by atoms with Gasteiger partial charge in [0.15, 0.2) is 0 Å². The van der Waals surface area contributed by atoms with Crippen LogP contribution in [0.2, 0.25) is 0 Å². The van der Waals surface area contributed by atoms with E-state index in [1.807, 2.05) is 0 Å². The number of ether oxygens (including phenoxy) is 1. The van der Waals surface area contributed by atoms with Gasteiger partial charge in [0.25, 0.3) is 0 Å². The highest BCUT2D eigenvalue weighted by molar-refractivity contribution is 5.98. The molecule has 0 heterocycles. The lowest BCUT2D eigenvalue weighted by atomic mass is 10.0. The van der Waals surface area contributed by atoms with Gasteiger partial charge >= 0.3 is 17.9 Å². The maximum atomic E-state index is 13.7. The number of benzene rings is 2. The third-order valence-corrected chi connectivity index (χ3v) is 9.37. The number of carbonyl (C=O) groups excluding carboxylic acids is 7. The van der Waals surface area contributed by atoms with Gasteiger partial charge in [0.2, 0.25) is 41.4 Å². The van der Waals surface area contributed by atoms with Gasteiger partial charge in [-0.1, -0.05) is 56.3 Å². The Morgan fingerprint density at radius 3 is 1.47 bits per heavy atom. The zero-order valence-electron chi connectivity index (χ0n) is 36.2. The Balaban J connectivity index is 2.21. The summed E-state index contributed by atoms with van der Waals surface area (Å²) >= 11 is 0. The molecule has 8 atom stereocenters. The molecule has 0 aliphatic rings. The highest BCUT2D eigenvalue weighted by atomic mass is 16.5. The van der Waals surface area contributed by atoms with Gasteiger partial charge in [-0.2, -0.15) is 0 Å². The quantitative estimate of drug-likeness (QED) is 0.0505. The van der Waals surface area contributed by atoms with Gasteiger partial charge < -0.3 is 62.4 Å². The van der Waals surface area contributed by atoms with Crippen LogP contribution in [0.25, 0.3) is 0 Å². The lowest BCUT2D eigenvalue weighted by Gasteiger charge is -2.28. The van der Waals surface area contributed by atoms with Crippen LogP contribution < -0.4 is 42.0 Å². The molecular weight excluding hydrogens is 842 g/mol. The molecule has 22 heteroatoms. The number of aliphatic hydroxyl groups is 1. The Morgan fingerprint density at radius 1 is 0.531 bits per heavy atom. The normalized spacial score (nSPS) is 14.6. The minimum Gasteiger partial charge on any atom is -0.497 e. The van der Waals surface area contributed by atoms with E-state index in [1.165, 1.54) is 21.0 Å². The molecule has 7 amide bonds. The Morgan fingerprint density at radius 2 is 0.984 bits per heavy atom. The largest absolute Gasteiger partial charge is 0.497 e. The van der Waals surface area contributed by atoms with E-state index >= 15 is 0 Å². The Labute approximate surface area is 368 Å². The molecule has 2 aromatic carbocycles. The number of methoxy groups -OCH3 is 1. The highest BCUT2D eigenvalue weighted by Gasteiger charge is 2.35. The summed E-state index contributed by atoms with van der Waals surface area (Å²) in [5.74, 6) is -11.4. The van der Waals surface area contributed by atoms with Gasteiger partial charge in [-0.05, 0) is 49.4 Å². The minimum absolute atomic E-state index is 0.0314. The molecule has 0 saturated heterocycles. The lowest BCUT2D eigenvalue weighted by Crippen LogP contribution is -2.61. The van der Waals surface area contributed by atoms with Gasteiger partial charge in [-0.25, -0.2) is 4.79 Å². The molecule has 11 N–H and O–H groups in total. The second kappa shape index (κ2) is 25.7. The molecule has 0 spiro atoms. The van der Waals surface area contributed by atoms with E-state index < -0.39 is 120 Å². The molecule has 0 unspecified atom stereocenters. The van der Waals surface area contributed by atoms with E-state index in [4.69, 9.17) is 4.74 Å². The smallest absolute Gasteiger partial charge is 0.326 e. The summed E-state index contributed by atoms with van der Waals surface area (Å²) in [6.07, 6.45) is -3.84. The van der Waals surface area contributed by atoms with Crippen molar-refractivity contribution >= 4 is 59.3 Å². The van der Waals surface area contributed by atoms with Crippen LogP contribution in [-0.4, -0.2) is 135 Å². The van der Waals surface area contributed by atoms with Crippen molar-refractivity contribution in [2.75, 3.05) is 7.11 Å². The number of amides is 7. The zero-order valence-corrected chi connectivity index (χ0v) is 36.2. The predicted octanol–water partition coefficient (Wildman–Crippen LogP) is -1.63. The zero-order chi connectivity index (χ0) is 48.3. The van der Waals surface area contributed by atoms with Crippen LogP contribution in [0.15, 0.2) is 54.6 Å². The monoisotopic (exact) mass is 899 g/mol. The van der Waals surface area contributed by atoms with E-state index in [1.54, 1.807) is 68.4 Å². The maximum Gasteiger partial charge on any atom is 0.326 e. The molecule has 0 aliphatic heterocycles. The number of carboxylic acids is 3. The molecule has 64 heavy (non-hydrogen) atoms. The first-order chi connectivity index (χ1) is 30.0. The van der Waals surface area contributed by atoms with E-state index in [0.717, 1.165) is 6.92 Å². The van der Waals surface area contributed by atoms with Crippen LogP contribution in [0, 0.1) is 5.92 Å². The summed E-state index contributed by atoms with van der Waals surface area (Å²) in [5.41, 5.74) is 1.15. The first-order valence-corrected chi connectivity index (χ1v) is 20.1. The Bertz CT molecular complexity index is 1980. The van der Waals surface area contributed by atoms with Crippen molar-refractivity contribution in [2.45, 2.75) is 115 Å². The van der Waals surface area contributed by atoms with E-state index in [0.29, 0.717) is 16.9 Å². The van der Waals surface area contributed by atoms with Gasteiger partial charge in [-0.15, -0.1) is 0 Å². The molecule has 0 bridgehead atoms.